The summed E-state index contributed by atoms with van der Waals surface area (Å²) >= 11 is 3.54. The van der Waals surface area contributed by atoms with Crippen molar-refractivity contribution in [3.63, 3.8) is 0 Å². The molecule has 0 saturated heterocycles. The molecule has 20 heavy (non-hydrogen) atoms. The molecule has 3 aromatic rings. The lowest BCUT2D eigenvalue weighted by atomic mass is 9.94. The van der Waals surface area contributed by atoms with Gasteiger partial charge in [-0.15, -0.1) is 0 Å². The van der Waals surface area contributed by atoms with Crippen molar-refractivity contribution in [1.29, 1.82) is 0 Å². The molecule has 1 aromatic heterocycles. The van der Waals surface area contributed by atoms with Crippen molar-refractivity contribution < 1.29 is 0 Å². The molecular weight excluding hydrogens is 312 g/mol. The third-order valence-corrected chi connectivity index (χ3v) is 3.99. The zero-order chi connectivity index (χ0) is 13.9. The van der Waals surface area contributed by atoms with Crippen LogP contribution in [-0.2, 0) is 0 Å². The lowest BCUT2D eigenvalue weighted by Gasteiger charge is -2.19. The van der Waals surface area contributed by atoms with Crippen LogP contribution in [0.15, 0.2) is 65.4 Å². The van der Waals surface area contributed by atoms with E-state index in [-0.39, 0.29) is 6.04 Å². The summed E-state index contributed by atoms with van der Waals surface area (Å²) < 4.78 is 1.09. The summed E-state index contributed by atoms with van der Waals surface area (Å²) in [7, 11) is 1.99. The molecule has 1 heterocycles. The lowest BCUT2D eigenvalue weighted by molar-refractivity contribution is 0.696. The van der Waals surface area contributed by atoms with Gasteiger partial charge in [0.2, 0.25) is 0 Å². The fourth-order valence-corrected chi connectivity index (χ4v) is 3.00. The van der Waals surface area contributed by atoms with E-state index < -0.39 is 0 Å². The standard InChI is InChI=1S/C17H15BrN2/c1-19-17(12-4-2-6-14(18)10-12)16-7-3-5-13-11-20-9-8-15(13)16/h2-11,17,19H,1H3. The average Bonchev–Trinajstić information content (AvgIpc) is 2.48. The average molecular weight is 327 g/mol. The second-order valence-corrected chi connectivity index (χ2v) is 5.64. The number of aromatic nitrogens is 1. The van der Waals surface area contributed by atoms with E-state index in [1.165, 1.54) is 21.9 Å². The Morgan fingerprint density at radius 2 is 1.95 bits per heavy atom. The van der Waals surface area contributed by atoms with Crippen LogP contribution in [-0.4, -0.2) is 12.0 Å². The van der Waals surface area contributed by atoms with Crippen LogP contribution in [0.3, 0.4) is 0 Å². The van der Waals surface area contributed by atoms with Gasteiger partial charge in [0.1, 0.15) is 0 Å². The highest BCUT2D eigenvalue weighted by molar-refractivity contribution is 9.10. The largest absolute Gasteiger partial charge is 0.309 e. The molecular formula is C17H15BrN2. The molecule has 0 aliphatic carbocycles. The summed E-state index contributed by atoms with van der Waals surface area (Å²) in [6.07, 6.45) is 3.76. The van der Waals surface area contributed by atoms with Crippen LogP contribution < -0.4 is 5.32 Å². The van der Waals surface area contributed by atoms with Gasteiger partial charge in [-0.1, -0.05) is 46.3 Å². The van der Waals surface area contributed by atoms with E-state index in [4.69, 9.17) is 0 Å². The van der Waals surface area contributed by atoms with Gasteiger partial charge in [0.15, 0.2) is 0 Å². The zero-order valence-electron chi connectivity index (χ0n) is 11.2. The maximum atomic E-state index is 4.20. The molecule has 2 nitrogen and oxygen atoms in total. The highest BCUT2D eigenvalue weighted by Crippen LogP contribution is 2.29. The second kappa shape index (κ2) is 5.73. The van der Waals surface area contributed by atoms with Crippen molar-refractivity contribution >= 4 is 26.7 Å². The van der Waals surface area contributed by atoms with Gasteiger partial charge in [-0.25, -0.2) is 0 Å². The van der Waals surface area contributed by atoms with Gasteiger partial charge in [-0.2, -0.15) is 0 Å². The Morgan fingerprint density at radius 3 is 2.75 bits per heavy atom. The fraction of sp³-hybridized carbons (Fsp3) is 0.118. The number of nitrogens with one attached hydrogen (secondary N) is 1. The summed E-state index contributed by atoms with van der Waals surface area (Å²) in [6, 6.07) is 17.0. The zero-order valence-corrected chi connectivity index (χ0v) is 12.8. The normalized spacial score (nSPS) is 12.5. The third-order valence-electron chi connectivity index (χ3n) is 3.50. The van der Waals surface area contributed by atoms with Gasteiger partial charge in [-0.3, -0.25) is 4.98 Å². The van der Waals surface area contributed by atoms with Crippen LogP contribution in [0.4, 0.5) is 0 Å². The van der Waals surface area contributed by atoms with E-state index in [9.17, 15) is 0 Å². The predicted octanol–water partition coefficient (Wildman–Crippen LogP) is 4.31. The topological polar surface area (TPSA) is 24.9 Å². The first-order valence-electron chi connectivity index (χ1n) is 6.55. The van der Waals surface area contributed by atoms with E-state index in [0.29, 0.717) is 0 Å². The molecule has 100 valence electrons. The van der Waals surface area contributed by atoms with E-state index in [0.717, 1.165) is 4.47 Å². The van der Waals surface area contributed by atoms with Crippen LogP contribution in [0.2, 0.25) is 0 Å². The van der Waals surface area contributed by atoms with Gasteiger partial charge in [0.25, 0.3) is 0 Å². The van der Waals surface area contributed by atoms with Crippen molar-refractivity contribution in [2.24, 2.45) is 0 Å². The summed E-state index contributed by atoms with van der Waals surface area (Å²) in [5.41, 5.74) is 2.51. The molecule has 0 spiro atoms. The van der Waals surface area contributed by atoms with Crippen LogP contribution >= 0.6 is 15.9 Å². The molecule has 0 fully saturated rings. The smallest absolute Gasteiger partial charge is 0.0580 e. The molecule has 0 saturated carbocycles. The Morgan fingerprint density at radius 1 is 1.10 bits per heavy atom. The quantitative estimate of drug-likeness (QED) is 0.775. The molecule has 0 bridgehead atoms. The third kappa shape index (κ3) is 2.47. The highest BCUT2D eigenvalue weighted by atomic mass is 79.9. The molecule has 0 amide bonds. The maximum Gasteiger partial charge on any atom is 0.0580 e. The van der Waals surface area contributed by atoms with Crippen molar-refractivity contribution in [1.82, 2.24) is 10.3 Å². The SMILES string of the molecule is CNC(c1cccc(Br)c1)c1cccc2cnccc12. The fourth-order valence-electron chi connectivity index (χ4n) is 2.59. The van der Waals surface area contributed by atoms with Crippen LogP contribution in [0.5, 0.6) is 0 Å². The minimum atomic E-state index is 0.165. The molecule has 1 unspecified atom stereocenters. The number of pyridine rings is 1. The Hall–Kier alpha value is -1.71. The van der Waals surface area contributed by atoms with Crippen LogP contribution in [0.25, 0.3) is 10.8 Å². The molecule has 1 N–H and O–H groups in total. The minimum Gasteiger partial charge on any atom is -0.309 e. The number of hydrogen-bond acceptors (Lipinski definition) is 2. The van der Waals surface area contributed by atoms with E-state index in [1.54, 1.807) is 0 Å². The molecule has 1 atom stereocenters. The van der Waals surface area contributed by atoms with Crippen molar-refractivity contribution in [3.05, 3.63) is 76.5 Å². The van der Waals surface area contributed by atoms with Gasteiger partial charge >= 0.3 is 0 Å². The number of rotatable bonds is 3. The van der Waals surface area contributed by atoms with Crippen molar-refractivity contribution in [3.8, 4) is 0 Å². The van der Waals surface area contributed by atoms with Gasteiger partial charge in [0, 0.05) is 22.3 Å². The molecule has 0 aliphatic heterocycles. The minimum absolute atomic E-state index is 0.165. The molecule has 0 aliphatic rings. The first-order valence-corrected chi connectivity index (χ1v) is 7.34. The van der Waals surface area contributed by atoms with Crippen molar-refractivity contribution in [2.75, 3.05) is 7.05 Å². The maximum absolute atomic E-state index is 4.20. The summed E-state index contributed by atoms with van der Waals surface area (Å²) in [6.45, 7) is 0. The Balaban J connectivity index is 2.17. The number of fused-ring (bicyclic) bond motifs is 1. The lowest BCUT2D eigenvalue weighted by Crippen LogP contribution is -2.17. The van der Waals surface area contributed by atoms with Crippen LogP contribution in [0.1, 0.15) is 17.2 Å². The molecule has 2 aromatic carbocycles. The Bertz CT molecular complexity index is 734. The predicted molar refractivity (Wildman–Crippen MR) is 86.8 cm³/mol. The highest BCUT2D eigenvalue weighted by Gasteiger charge is 2.14. The first kappa shape index (κ1) is 13.3. The Kier molecular flexibility index (Phi) is 3.81. The molecule has 3 rings (SSSR count). The summed E-state index contributed by atoms with van der Waals surface area (Å²) in [5.74, 6) is 0. The molecule has 3 heteroatoms. The first-order chi connectivity index (χ1) is 9.79. The summed E-state index contributed by atoms with van der Waals surface area (Å²) in [4.78, 5) is 4.20. The number of nitrogens with zero attached hydrogens (tertiary/aromatic N) is 1. The summed E-state index contributed by atoms with van der Waals surface area (Å²) in [5, 5.41) is 5.82. The monoisotopic (exact) mass is 326 g/mol. The van der Waals surface area contributed by atoms with Crippen molar-refractivity contribution in [2.45, 2.75) is 6.04 Å². The van der Waals surface area contributed by atoms with Gasteiger partial charge < -0.3 is 5.32 Å². The number of halogens is 1. The number of benzene rings is 2. The van der Waals surface area contributed by atoms with E-state index in [1.807, 2.05) is 25.5 Å². The Labute approximate surface area is 127 Å². The van der Waals surface area contributed by atoms with E-state index in [2.05, 4.69) is 68.7 Å². The van der Waals surface area contributed by atoms with Gasteiger partial charge in [0.05, 0.1) is 6.04 Å². The molecule has 0 radical (unpaired) electrons. The van der Waals surface area contributed by atoms with E-state index >= 15 is 0 Å². The number of hydrogen-bond donors (Lipinski definition) is 1. The van der Waals surface area contributed by atoms with Gasteiger partial charge in [-0.05, 0) is 41.8 Å². The second-order valence-electron chi connectivity index (χ2n) is 4.72. The van der Waals surface area contributed by atoms with Crippen LogP contribution in [0, 0.1) is 0 Å².